The summed E-state index contributed by atoms with van der Waals surface area (Å²) in [6.45, 7) is 7.51. The molecule has 0 bridgehead atoms. The number of ketones is 2. The van der Waals surface area contributed by atoms with E-state index in [4.69, 9.17) is 4.42 Å². The van der Waals surface area contributed by atoms with Crippen LogP contribution in [0.4, 0.5) is 0 Å². The number of nitrogens with zero attached hydrogens (tertiary/aromatic N) is 3. The van der Waals surface area contributed by atoms with Crippen molar-refractivity contribution < 1.29 is 14.0 Å². The van der Waals surface area contributed by atoms with Crippen LogP contribution in [0, 0.1) is 13.8 Å². The SMILES string of the molecule is CC(=O)c1c(C)[nH]c(C(=O)[C@@H](C)Sc2nnc(-c3ccco3)n2Cc2ccccc2)c1C. The van der Waals surface area contributed by atoms with Gasteiger partial charge in [-0.3, -0.25) is 14.2 Å². The highest BCUT2D eigenvalue weighted by molar-refractivity contribution is 8.00. The summed E-state index contributed by atoms with van der Waals surface area (Å²) in [5, 5.41) is 8.87. The Balaban J connectivity index is 1.65. The van der Waals surface area contributed by atoms with E-state index >= 15 is 0 Å². The van der Waals surface area contributed by atoms with Crippen molar-refractivity contribution in [1.29, 1.82) is 0 Å². The van der Waals surface area contributed by atoms with Gasteiger partial charge in [-0.25, -0.2) is 0 Å². The Labute approximate surface area is 190 Å². The number of hydrogen-bond acceptors (Lipinski definition) is 6. The van der Waals surface area contributed by atoms with Crippen LogP contribution in [-0.2, 0) is 6.54 Å². The Kier molecular flexibility index (Phi) is 6.14. The number of aryl methyl sites for hydroxylation is 1. The first-order valence-corrected chi connectivity index (χ1v) is 11.2. The molecule has 0 radical (unpaired) electrons. The molecule has 1 N–H and O–H groups in total. The zero-order valence-corrected chi connectivity index (χ0v) is 19.2. The number of carbonyl (C=O) groups is 2. The number of H-pyrrole nitrogens is 1. The third kappa shape index (κ3) is 4.18. The molecule has 0 saturated heterocycles. The molecule has 4 aromatic rings. The second-order valence-corrected chi connectivity index (χ2v) is 8.97. The molecule has 164 valence electrons. The molecule has 0 fully saturated rings. The molecule has 0 unspecified atom stereocenters. The highest BCUT2D eigenvalue weighted by atomic mass is 32.2. The van der Waals surface area contributed by atoms with Crippen LogP contribution < -0.4 is 0 Å². The molecule has 32 heavy (non-hydrogen) atoms. The predicted octanol–water partition coefficient (Wildman–Crippen LogP) is 5.10. The first-order chi connectivity index (χ1) is 15.4. The van der Waals surface area contributed by atoms with Gasteiger partial charge in [0.2, 0.25) is 5.82 Å². The number of thioether (sulfide) groups is 1. The van der Waals surface area contributed by atoms with Crippen molar-refractivity contribution in [3.8, 4) is 11.6 Å². The molecule has 0 saturated carbocycles. The molecular formula is C24H24N4O3S. The minimum Gasteiger partial charge on any atom is -0.461 e. The fourth-order valence-corrected chi connectivity index (χ4v) is 4.72. The maximum Gasteiger partial charge on any atom is 0.200 e. The van der Waals surface area contributed by atoms with Crippen LogP contribution in [0.2, 0.25) is 0 Å². The minimum atomic E-state index is -0.435. The summed E-state index contributed by atoms with van der Waals surface area (Å²) in [4.78, 5) is 28.3. The van der Waals surface area contributed by atoms with Gasteiger partial charge in [-0.15, -0.1) is 10.2 Å². The van der Waals surface area contributed by atoms with Gasteiger partial charge in [-0.05, 0) is 51.0 Å². The van der Waals surface area contributed by atoms with Crippen LogP contribution in [0.15, 0.2) is 58.3 Å². The fourth-order valence-electron chi connectivity index (χ4n) is 3.81. The predicted molar refractivity (Wildman–Crippen MR) is 123 cm³/mol. The molecule has 4 rings (SSSR count). The monoisotopic (exact) mass is 448 g/mol. The molecule has 1 atom stereocenters. The molecule has 3 heterocycles. The number of furan rings is 1. The third-order valence-corrected chi connectivity index (χ3v) is 6.41. The molecule has 7 nitrogen and oxygen atoms in total. The zero-order chi connectivity index (χ0) is 22.8. The summed E-state index contributed by atoms with van der Waals surface area (Å²) in [5.41, 5.74) is 3.53. The number of benzene rings is 1. The lowest BCUT2D eigenvalue weighted by Gasteiger charge is -2.13. The quantitative estimate of drug-likeness (QED) is 0.298. The molecule has 8 heteroatoms. The molecular weight excluding hydrogens is 424 g/mol. The molecule has 0 aliphatic rings. The average Bonchev–Trinajstić information content (AvgIpc) is 3.48. The minimum absolute atomic E-state index is 0.0544. The molecule has 3 aromatic heterocycles. The number of rotatable bonds is 8. The highest BCUT2D eigenvalue weighted by Crippen LogP contribution is 2.30. The van der Waals surface area contributed by atoms with E-state index in [9.17, 15) is 9.59 Å². The number of aromatic amines is 1. The van der Waals surface area contributed by atoms with Crippen molar-refractivity contribution in [2.45, 2.75) is 44.6 Å². The standard InChI is InChI=1S/C24H24N4O3S/c1-14-20(16(3)29)15(2)25-21(14)22(30)17(4)32-24-27-26-23(19-11-8-12-31-19)28(24)13-18-9-6-5-7-10-18/h5-12,17,25H,13H2,1-4H3/t17-/m1/s1. The van der Waals surface area contributed by atoms with Crippen molar-refractivity contribution in [2.24, 2.45) is 0 Å². The number of hydrogen-bond donors (Lipinski definition) is 1. The van der Waals surface area contributed by atoms with Crippen LogP contribution in [0.25, 0.3) is 11.6 Å². The van der Waals surface area contributed by atoms with Crippen molar-refractivity contribution in [3.05, 3.63) is 76.8 Å². The van der Waals surface area contributed by atoms with Crippen LogP contribution in [0.5, 0.6) is 0 Å². The summed E-state index contributed by atoms with van der Waals surface area (Å²) >= 11 is 1.34. The number of aromatic nitrogens is 4. The van der Waals surface area contributed by atoms with E-state index < -0.39 is 5.25 Å². The van der Waals surface area contributed by atoms with Crippen LogP contribution >= 0.6 is 11.8 Å². The van der Waals surface area contributed by atoms with E-state index in [0.717, 1.165) is 5.56 Å². The fraction of sp³-hybridized carbons (Fsp3) is 0.250. The highest BCUT2D eigenvalue weighted by Gasteiger charge is 2.27. The Morgan fingerprint density at radius 3 is 2.50 bits per heavy atom. The summed E-state index contributed by atoms with van der Waals surface area (Å²) in [6, 6.07) is 13.6. The lowest BCUT2D eigenvalue weighted by molar-refractivity contribution is 0.0988. The van der Waals surface area contributed by atoms with E-state index in [-0.39, 0.29) is 11.6 Å². The normalized spacial score (nSPS) is 12.1. The molecule has 1 aromatic carbocycles. The average molecular weight is 449 g/mol. The van der Waals surface area contributed by atoms with E-state index in [2.05, 4.69) is 15.2 Å². The van der Waals surface area contributed by atoms with Crippen LogP contribution in [-0.4, -0.2) is 36.6 Å². The smallest absolute Gasteiger partial charge is 0.200 e. The van der Waals surface area contributed by atoms with Gasteiger partial charge in [-0.2, -0.15) is 0 Å². The van der Waals surface area contributed by atoms with E-state index in [1.165, 1.54) is 18.7 Å². The number of Topliss-reactive ketones (excluding diaryl/α,β-unsaturated/α-hetero) is 2. The lowest BCUT2D eigenvalue weighted by Crippen LogP contribution is -2.16. The molecule has 0 aliphatic heterocycles. The first-order valence-electron chi connectivity index (χ1n) is 10.3. The zero-order valence-electron chi connectivity index (χ0n) is 18.4. The Bertz CT molecular complexity index is 1260. The summed E-state index contributed by atoms with van der Waals surface area (Å²) in [6.07, 6.45) is 1.60. The Morgan fingerprint density at radius 2 is 1.88 bits per heavy atom. The summed E-state index contributed by atoms with van der Waals surface area (Å²) < 4.78 is 7.51. The molecule has 0 spiro atoms. The van der Waals surface area contributed by atoms with Crippen molar-refractivity contribution in [1.82, 2.24) is 19.7 Å². The number of nitrogens with one attached hydrogen (secondary N) is 1. The Hall–Kier alpha value is -3.39. The van der Waals surface area contributed by atoms with Crippen LogP contribution in [0.1, 0.15) is 51.5 Å². The van der Waals surface area contributed by atoms with Crippen molar-refractivity contribution >= 4 is 23.3 Å². The maximum absolute atomic E-state index is 13.2. The van der Waals surface area contributed by atoms with Crippen molar-refractivity contribution in [2.75, 3.05) is 0 Å². The first kappa shape index (κ1) is 21.8. The van der Waals surface area contributed by atoms with Crippen LogP contribution in [0.3, 0.4) is 0 Å². The van der Waals surface area contributed by atoms with Gasteiger partial charge in [-0.1, -0.05) is 42.1 Å². The van der Waals surface area contributed by atoms with Gasteiger partial charge in [0.1, 0.15) is 0 Å². The largest absolute Gasteiger partial charge is 0.461 e. The van der Waals surface area contributed by atoms with E-state index in [1.54, 1.807) is 19.3 Å². The topological polar surface area (TPSA) is 93.8 Å². The number of carbonyl (C=O) groups excluding carboxylic acids is 2. The summed E-state index contributed by atoms with van der Waals surface area (Å²) in [7, 11) is 0. The Morgan fingerprint density at radius 1 is 1.12 bits per heavy atom. The summed E-state index contributed by atoms with van der Waals surface area (Å²) in [5.74, 6) is 1.08. The van der Waals surface area contributed by atoms with Gasteiger partial charge in [0, 0.05) is 11.3 Å². The van der Waals surface area contributed by atoms with E-state index in [1.807, 2.05) is 54.8 Å². The van der Waals surface area contributed by atoms with Gasteiger partial charge in [0.15, 0.2) is 22.5 Å². The molecule has 0 aliphatic carbocycles. The van der Waals surface area contributed by atoms with Gasteiger partial charge < -0.3 is 9.40 Å². The third-order valence-electron chi connectivity index (χ3n) is 5.33. The second-order valence-electron chi connectivity index (χ2n) is 7.66. The van der Waals surface area contributed by atoms with E-state index in [0.29, 0.717) is 45.8 Å². The second kappa shape index (κ2) is 9.00. The molecule has 0 amide bonds. The van der Waals surface area contributed by atoms with Crippen molar-refractivity contribution in [3.63, 3.8) is 0 Å². The van der Waals surface area contributed by atoms with Gasteiger partial charge in [0.05, 0.1) is 23.8 Å². The maximum atomic E-state index is 13.2. The lowest BCUT2D eigenvalue weighted by atomic mass is 10.0. The van der Waals surface area contributed by atoms with Gasteiger partial charge in [0.25, 0.3) is 0 Å². The van der Waals surface area contributed by atoms with Gasteiger partial charge >= 0.3 is 0 Å².